The summed E-state index contributed by atoms with van der Waals surface area (Å²) in [6.45, 7) is 0.144. The first-order valence-corrected chi connectivity index (χ1v) is 9.79. The highest BCUT2D eigenvalue weighted by Crippen LogP contribution is 2.36. The fourth-order valence-electron chi connectivity index (χ4n) is 2.29. The van der Waals surface area contributed by atoms with Crippen molar-refractivity contribution in [1.82, 2.24) is 10.2 Å². The molecule has 0 bridgehead atoms. The second-order valence-electron chi connectivity index (χ2n) is 5.59. The fourth-order valence-corrected chi connectivity index (χ4v) is 3.11. The number of hydrogen-bond acceptors (Lipinski definition) is 8. The standard InChI is InChI=1S/C19H18ClN3O5S/c1-25-15-9-16(26-2)14(8-13(15)20)21-17(24)11-29-19-23-22-18(28-19)10-27-12-6-4-3-5-7-12/h3-9H,10-11H2,1-2H3,(H,21,24). The first-order valence-electron chi connectivity index (χ1n) is 8.43. The molecule has 3 aromatic rings. The summed E-state index contributed by atoms with van der Waals surface area (Å²) in [5, 5.41) is 11.2. The minimum atomic E-state index is -0.283. The third-order valence-electron chi connectivity index (χ3n) is 3.63. The van der Waals surface area contributed by atoms with Crippen LogP contribution in [0.5, 0.6) is 17.2 Å². The summed E-state index contributed by atoms with van der Waals surface area (Å²) in [5.74, 6) is 1.69. The van der Waals surface area contributed by atoms with Crippen molar-refractivity contribution in [1.29, 1.82) is 0 Å². The van der Waals surface area contributed by atoms with E-state index in [1.165, 1.54) is 14.2 Å². The van der Waals surface area contributed by atoms with Crippen LogP contribution in [0.15, 0.2) is 52.1 Å². The van der Waals surface area contributed by atoms with Crippen molar-refractivity contribution in [2.45, 2.75) is 11.8 Å². The van der Waals surface area contributed by atoms with Crippen LogP contribution in [0.3, 0.4) is 0 Å². The maximum absolute atomic E-state index is 12.3. The molecule has 1 heterocycles. The molecule has 0 aliphatic carbocycles. The predicted molar refractivity (Wildman–Crippen MR) is 109 cm³/mol. The Morgan fingerprint density at radius 2 is 1.90 bits per heavy atom. The van der Waals surface area contributed by atoms with Crippen LogP contribution in [-0.4, -0.2) is 36.1 Å². The molecule has 0 unspecified atom stereocenters. The molecule has 1 aromatic heterocycles. The van der Waals surface area contributed by atoms with Crippen molar-refractivity contribution in [3.05, 3.63) is 53.4 Å². The third-order valence-corrected chi connectivity index (χ3v) is 4.74. The zero-order valence-corrected chi connectivity index (χ0v) is 17.2. The molecule has 29 heavy (non-hydrogen) atoms. The zero-order chi connectivity index (χ0) is 20.6. The number of carbonyl (C=O) groups is 1. The van der Waals surface area contributed by atoms with Crippen LogP contribution in [0.1, 0.15) is 5.89 Å². The van der Waals surface area contributed by atoms with E-state index in [1.54, 1.807) is 12.1 Å². The lowest BCUT2D eigenvalue weighted by Gasteiger charge is -2.12. The number of para-hydroxylation sites is 1. The van der Waals surface area contributed by atoms with Gasteiger partial charge in [0.15, 0.2) is 6.61 Å². The van der Waals surface area contributed by atoms with Gasteiger partial charge < -0.3 is 23.9 Å². The van der Waals surface area contributed by atoms with Crippen molar-refractivity contribution in [3.8, 4) is 17.2 Å². The molecule has 0 fully saturated rings. The number of ether oxygens (including phenoxy) is 3. The molecule has 1 N–H and O–H groups in total. The number of rotatable bonds is 9. The normalized spacial score (nSPS) is 10.4. The molecule has 3 rings (SSSR count). The van der Waals surface area contributed by atoms with E-state index in [0.717, 1.165) is 11.8 Å². The second kappa shape index (κ2) is 10.0. The average Bonchev–Trinajstić information content (AvgIpc) is 3.20. The van der Waals surface area contributed by atoms with Crippen molar-refractivity contribution in [3.63, 3.8) is 0 Å². The Morgan fingerprint density at radius 1 is 1.14 bits per heavy atom. The number of halogens is 1. The van der Waals surface area contributed by atoms with Crippen molar-refractivity contribution < 1.29 is 23.4 Å². The topological polar surface area (TPSA) is 95.7 Å². The van der Waals surface area contributed by atoms with E-state index in [-0.39, 0.29) is 23.5 Å². The Labute approximate surface area is 176 Å². The number of aromatic nitrogens is 2. The Morgan fingerprint density at radius 3 is 2.62 bits per heavy atom. The van der Waals surface area contributed by atoms with Gasteiger partial charge in [-0.05, 0) is 18.2 Å². The van der Waals surface area contributed by atoms with E-state index in [0.29, 0.717) is 33.8 Å². The quantitative estimate of drug-likeness (QED) is 0.503. The van der Waals surface area contributed by atoms with Gasteiger partial charge in [-0.15, -0.1) is 10.2 Å². The van der Waals surface area contributed by atoms with Gasteiger partial charge in [0, 0.05) is 6.07 Å². The number of nitrogens with one attached hydrogen (secondary N) is 1. The van der Waals surface area contributed by atoms with Crippen LogP contribution in [-0.2, 0) is 11.4 Å². The number of anilines is 1. The lowest BCUT2D eigenvalue weighted by Crippen LogP contribution is -2.14. The van der Waals surface area contributed by atoms with Gasteiger partial charge in [-0.3, -0.25) is 4.79 Å². The van der Waals surface area contributed by atoms with Crippen molar-refractivity contribution in [2.75, 3.05) is 25.3 Å². The molecule has 0 saturated heterocycles. The molecule has 152 valence electrons. The molecule has 10 heteroatoms. The minimum absolute atomic E-state index is 0.0635. The molecule has 8 nitrogen and oxygen atoms in total. The van der Waals surface area contributed by atoms with Crippen LogP contribution in [0.2, 0.25) is 5.02 Å². The summed E-state index contributed by atoms with van der Waals surface area (Å²) < 4.78 is 21.4. The SMILES string of the molecule is COc1cc(OC)c(NC(=O)CSc2nnc(COc3ccccc3)o2)cc1Cl. The number of carbonyl (C=O) groups excluding carboxylic acids is 1. The number of benzene rings is 2. The lowest BCUT2D eigenvalue weighted by molar-refractivity contribution is -0.113. The smallest absolute Gasteiger partial charge is 0.277 e. The van der Waals surface area contributed by atoms with Gasteiger partial charge in [-0.1, -0.05) is 41.6 Å². The van der Waals surface area contributed by atoms with Gasteiger partial charge in [0.25, 0.3) is 11.1 Å². The summed E-state index contributed by atoms with van der Waals surface area (Å²) in [6.07, 6.45) is 0. The van der Waals surface area contributed by atoms with E-state index in [4.69, 9.17) is 30.2 Å². The number of nitrogens with zero attached hydrogens (tertiary/aromatic N) is 2. The average molecular weight is 436 g/mol. The van der Waals surface area contributed by atoms with Crippen LogP contribution in [0.25, 0.3) is 0 Å². The van der Waals surface area contributed by atoms with Crippen LogP contribution in [0, 0.1) is 0 Å². The lowest BCUT2D eigenvalue weighted by atomic mass is 10.2. The molecular formula is C19H18ClN3O5S. The largest absolute Gasteiger partial charge is 0.495 e. The highest BCUT2D eigenvalue weighted by molar-refractivity contribution is 7.99. The first kappa shape index (κ1) is 20.8. The van der Waals surface area contributed by atoms with Crippen molar-refractivity contribution in [2.24, 2.45) is 0 Å². The maximum atomic E-state index is 12.3. The molecular weight excluding hydrogens is 418 g/mol. The Kier molecular flexibility index (Phi) is 7.20. The predicted octanol–water partition coefficient (Wildman–Crippen LogP) is 4.05. The van der Waals surface area contributed by atoms with E-state index in [9.17, 15) is 4.79 Å². The Hall–Kier alpha value is -2.91. The minimum Gasteiger partial charge on any atom is -0.495 e. The molecule has 0 saturated carbocycles. The summed E-state index contributed by atoms with van der Waals surface area (Å²) >= 11 is 7.22. The van der Waals surface area contributed by atoms with Gasteiger partial charge in [0.2, 0.25) is 5.91 Å². The molecule has 0 aliphatic rings. The van der Waals surface area contributed by atoms with Crippen LogP contribution < -0.4 is 19.5 Å². The highest BCUT2D eigenvalue weighted by atomic mass is 35.5. The van der Waals surface area contributed by atoms with Crippen molar-refractivity contribution >= 4 is 35.0 Å². The molecule has 0 atom stereocenters. The van der Waals surface area contributed by atoms with Crippen LogP contribution >= 0.6 is 23.4 Å². The highest BCUT2D eigenvalue weighted by Gasteiger charge is 2.14. The van der Waals surface area contributed by atoms with Gasteiger partial charge in [0.1, 0.15) is 17.2 Å². The molecule has 1 amide bonds. The van der Waals surface area contributed by atoms with Gasteiger partial charge in [-0.25, -0.2) is 0 Å². The maximum Gasteiger partial charge on any atom is 0.277 e. The second-order valence-corrected chi connectivity index (χ2v) is 6.92. The summed E-state index contributed by atoms with van der Waals surface area (Å²) in [4.78, 5) is 12.3. The number of amides is 1. The molecule has 0 aliphatic heterocycles. The van der Waals surface area contributed by atoms with E-state index in [1.807, 2.05) is 30.3 Å². The zero-order valence-electron chi connectivity index (χ0n) is 15.7. The number of thioether (sulfide) groups is 1. The summed E-state index contributed by atoms with van der Waals surface area (Å²) in [5.41, 5.74) is 0.436. The number of hydrogen-bond donors (Lipinski definition) is 1. The van der Waals surface area contributed by atoms with Gasteiger partial charge in [-0.2, -0.15) is 0 Å². The van der Waals surface area contributed by atoms with Gasteiger partial charge in [0.05, 0.1) is 30.7 Å². The monoisotopic (exact) mass is 435 g/mol. The third kappa shape index (κ3) is 5.78. The molecule has 2 aromatic carbocycles. The molecule has 0 radical (unpaired) electrons. The summed E-state index contributed by atoms with van der Waals surface area (Å²) in [7, 11) is 2.99. The Balaban J connectivity index is 1.52. The number of methoxy groups -OCH3 is 2. The van der Waals surface area contributed by atoms with E-state index in [2.05, 4.69) is 15.5 Å². The Bertz CT molecular complexity index is 968. The first-order chi connectivity index (χ1) is 14.1. The molecule has 0 spiro atoms. The van der Waals surface area contributed by atoms with Crippen LogP contribution in [0.4, 0.5) is 5.69 Å². The van der Waals surface area contributed by atoms with E-state index < -0.39 is 0 Å². The van der Waals surface area contributed by atoms with Gasteiger partial charge >= 0.3 is 0 Å². The van der Waals surface area contributed by atoms with E-state index >= 15 is 0 Å². The summed E-state index contributed by atoms with van der Waals surface area (Å²) in [6, 6.07) is 12.5. The fraction of sp³-hybridized carbons (Fsp3) is 0.211.